The zero-order valence-corrected chi connectivity index (χ0v) is 28.7. The summed E-state index contributed by atoms with van der Waals surface area (Å²) in [5, 5.41) is 8.93. The van der Waals surface area contributed by atoms with Gasteiger partial charge in [-0.2, -0.15) is 0 Å². The molecule has 0 saturated heterocycles. The average molecular weight is 678 g/mol. The van der Waals surface area contributed by atoms with E-state index in [9.17, 15) is 0 Å². The highest BCUT2D eigenvalue weighted by Crippen LogP contribution is 2.48. The summed E-state index contributed by atoms with van der Waals surface area (Å²) in [7, 11) is 0. The van der Waals surface area contributed by atoms with Gasteiger partial charge in [0.25, 0.3) is 0 Å². The molecule has 0 spiro atoms. The third-order valence-electron chi connectivity index (χ3n) is 10.6. The van der Waals surface area contributed by atoms with Gasteiger partial charge < -0.3 is 13.7 Å². The number of nitrogens with zero attached hydrogens (tertiary/aromatic N) is 1. The van der Waals surface area contributed by atoms with Crippen LogP contribution < -0.4 is 4.90 Å². The van der Waals surface area contributed by atoms with Crippen LogP contribution in [0.2, 0.25) is 0 Å². The minimum absolute atomic E-state index is 0.855. The molecule has 3 nitrogen and oxygen atoms in total. The Morgan fingerprint density at radius 3 is 1.85 bits per heavy atom. The molecule has 0 fully saturated rings. The minimum atomic E-state index is 0.855. The van der Waals surface area contributed by atoms with Crippen LogP contribution in [-0.4, -0.2) is 0 Å². The highest BCUT2D eigenvalue weighted by molar-refractivity contribution is 6.22. The monoisotopic (exact) mass is 677 g/mol. The summed E-state index contributed by atoms with van der Waals surface area (Å²) < 4.78 is 13.4. The predicted molar refractivity (Wildman–Crippen MR) is 222 cm³/mol. The molecule has 0 unspecified atom stereocenters. The molecule has 3 heteroatoms. The molecular formula is C50H31NO2. The summed E-state index contributed by atoms with van der Waals surface area (Å²) in [6, 6.07) is 66.7. The Hall–Kier alpha value is -7.10. The van der Waals surface area contributed by atoms with E-state index in [2.05, 4.69) is 181 Å². The van der Waals surface area contributed by atoms with Crippen LogP contribution in [0.4, 0.5) is 17.1 Å². The SMILES string of the molecule is c1ccc(-c2ccc(N(c3cc4c5cccc(-c6ccc7ccccc7c6)c5oc4c4ccccc34)c3cccc4oc5ccccc5c34)cc2)cc1. The van der Waals surface area contributed by atoms with Crippen molar-refractivity contribution in [3.8, 4) is 22.3 Å². The lowest BCUT2D eigenvalue weighted by Gasteiger charge is -2.28. The van der Waals surface area contributed by atoms with E-state index >= 15 is 0 Å². The third-order valence-corrected chi connectivity index (χ3v) is 10.6. The van der Waals surface area contributed by atoms with Gasteiger partial charge >= 0.3 is 0 Å². The first kappa shape index (κ1) is 29.6. The largest absolute Gasteiger partial charge is 0.456 e. The van der Waals surface area contributed by atoms with Crippen molar-refractivity contribution in [2.45, 2.75) is 0 Å². The van der Waals surface area contributed by atoms with E-state index in [-0.39, 0.29) is 0 Å². The van der Waals surface area contributed by atoms with Crippen LogP contribution in [0.15, 0.2) is 197 Å². The standard InChI is InChI=1S/C50H31NO2/c1-2-12-32(13-3-1)34-26-28-37(29-27-34)51(44-21-11-23-47-48(44)42-18-8-9-22-46(42)52-47)45-31-43-41-20-10-19-38(36-25-24-33-14-4-5-15-35(33)30-36)49(41)53-50(43)40-17-7-6-16-39(40)45/h1-31H. The molecule has 53 heavy (non-hydrogen) atoms. The van der Waals surface area contributed by atoms with Crippen molar-refractivity contribution in [3.63, 3.8) is 0 Å². The van der Waals surface area contributed by atoms with Gasteiger partial charge in [-0.25, -0.2) is 0 Å². The van der Waals surface area contributed by atoms with Crippen molar-refractivity contribution in [1.82, 2.24) is 0 Å². The minimum Gasteiger partial charge on any atom is -0.456 e. The molecule has 11 aromatic rings. The molecule has 0 saturated carbocycles. The van der Waals surface area contributed by atoms with Gasteiger partial charge in [-0.3, -0.25) is 0 Å². The van der Waals surface area contributed by atoms with Gasteiger partial charge in [0.1, 0.15) is 22.3 Å². The molecule has 9 aromatic carbocycles. The molecule has 0 radical (unpaired) electrons. The van der Waals surface area contributed by atoms with Gasteiger partial charge in [-0.1, -0.05) is 146 Å². The van der Waals surface area contributed by atoms with Gasteiger partial charge in [-0.05, 0) is 69.9 Å². The Labute approximate surface area is 305 Å². The molecule has 2 aromatic heterocycles. The predicted octanol–water partition coefficient (Wildman–Crippen LogP) is 14.6. The maximum atomic E-state index is 6.96. The van der Waals surface area contributed by atoms with E-state index in [0.29, 0.717) is 0 Å². The highest BCUT2D eigenvalue weighted by atomic mass is 16.3. The lowest BCUT2D eigenvalue weighted by molar-refractivity contribution is 0.669. The van der Waals surface area contributed by atoms with Gasteiger partial charge in [-0.15, -0.1) is 0 Å². The molecule has 0 bridgehead atoms. The van der Waals surface area contributed by atoms with Gasteiger partial charge in [0.2, 0.25) is 0 Å². The third kappa shape index (κ3) is 4.68. The molecule has 2 heterocycles. The Kier molecular flexibility index (Phi) is 6.55. The smallest absolute Gasteiger partial charge is 0.143 e. The van der Waals surface area contributed by atoms with Crippen molar-refractivity contribution in [3.05, 3.63) is 188 Å². The number of hydrogen-bond donors (Lipinski definition) is 0. The molecule has 0 amide bonds. The summed E-state index contributed by atoms with van der Waals surface area (Å²) in [6.07, 6.45) is 0. The van der Waals surface area contributed by atoms with Gasteiger partial charge in [0.15, 0.2) is 0 Å². The number of hydrogen-bond acceptors (Lipinski definition) is 3. The van der Waals surface area contributed by atoms with E-state index in [1.807, 2.05) is 12.1 Å². The number of anilines is 3. The molecule has 0 aliphatic rings. The fourth-order valence-corrected chi connectivity index (χ4v) is 8.15. The number of benzene rings is 9. The molecule has 0 aliphatic carbocycles. The van der Waals surface area contributed by atoms with Crippen LogP contribution in [0.1, 0.15) is 0 Å². The van der Waals surface area contributed by atoms with Crippen LogP contribution in [0.3, 0.4) is 0 Å². The maximum Gasteiger partial charge on any atom is 0.143 e. The molecule has 0 N–H and O–H groups in total. The van der Waals surface area contributed by atoms with Crippen LogP contribution in [0, 0.1) is 0 Å². The van der Waals surface area contributed by atoms with Crippen molar-refractivity contribution >= 4 is 82.5 Å². The van der Waals surface area contributed by atoms with Crippen LogP contribution >= 0.6 is 0 Å². The molecule has 11 rings (SSSR count). The first-order valence-corrected chi connectivity index (χ1v) is 18.0. The number of para-hydroxylation sites is 2. The molecule has 0 aliphatic heterocycles. The zero-order chi connectivity index (χ0) is 34.9. The van der Waals surface area contributed by atoms with Crippen molar-refractivity contribution < 1.29 is 8.83 Å². The number of fused-ring (bicyclic) bond motifs is 9. The van der Waals surface area contributed by atoms with Crippen molar-refractivity contribution in [1.29, 1.82) is 0 Å². The Bertz CT molecular complexity index is 3170. The van der Waals surface area contributed by atoms with Crippen molar-refractivity contribution in [2.75, 3.05) is 4.90 Å². The van der Waals surface area contributed by atoms with E-state index in [0.717, 1.165) is 82.8 Å². The fourth-order valence-electron chi connectivity index (χ4n) is 8.15. The van der Waals surface area contributed by atoms with Gasteiger partial charge in [0.05, 0.1) is 16.8 Å². The summed E-state index contributed by atoms with van der Waals surface area (Å²) in [5.74, 6) is 0. The summed E-state index contributed by atoms with van der Waals surface area (Å²) in [6.45, 7) is 0. The lowest BCUT2D eigenvalue weighted by Crippen LogP contribution is -2.11. The summed E-state index contributed by atoms with van der Waals surface area (Å²) >= 11 is 0. The quantitative estimate of drug-likeness (QED) is 0.182. The van der Waals surface area contributed by atoms with E-state index in [4.69, 9.17) is 8.83 Å². The zero-order valence-electron chi connectivity index (χ0n) is 28.7. The van der Waals surface area contributed by atoms with E-state index < -0.39 is 0 Å². The molecule has 0 atom stereocenters. The fraction of sp³-hybridized carbons (Fsp3) is 0. The van der Waals surface area contributed by atoms with Crippen LogP contribution in [0.5, 0.6) is 0 Å². The van der Waals surface area contributed by atoms with Crippen LogP contribution in [0.25, 0.3) is 87.7 Å². The summed E-state index contributed by atoms with van der Waals surface area (Å²) in [4.78, 5) is 2.40. The Morgan fingerprint density at radius 2 is 0.981 bits per heavy atom. The Balaban J connectivity index is 1.20. The van der Waals surface area contributed by atoms with Crippen molar-refractivity contribution in [2.24, 2.45) is 0 Å². The molecular weight excluding hydrogens is 647 g/mol. The first-order chi connectivity index (χ1) is 26.3. The second-order valence-electron chi connectivity index (χ2n) is 13.7. The normalized spacial score (nSPS) is 11.8. The highest BCUT2D eigenvalue weighted by Gasteiger charge is 2.24. The number of rotatable bonds is 5. The second-order valence-corrected chi connectivity index (χ2v) is 13.7. The first-order valence-electron chi connectivity index (χ1n) is 18.0. The van der Waals surface area contributed by atoms with Crippen LogP contribution in [-0.2, 0) is 0 Å². The Morgan fingerprint density at radius 1 is 0.340 bits per heavy atom. The topological polar surface area (TPSA) is 29.5 Å². The second kappa shape index (κ2) is 11.7. The van der Waals surface area contributed by atoms with E-state index in [1.54, 1.807) is 0 Å². The van der Waals surface area contributed by atoms with Gasteiger partial charge in [0, 0.05) is 38.2 Å². The number of furan rings is 2. The molecule has 248 valence electrons. The maximum absolute atomic E-state index is 6.96. The lowest BCUT2D eigenvalue weighted by atomic mass is 9.98. The van der Waals surface area contributed by atoms with E-state index in [1.165, 1.54) is 21.9 Å². The average Bonchev–Trinajstić information content (AvgIpc) is 3.81. The summed E-state index contributed by atoms with van der Waals surface area (Å²) in [5.41, 5.74) is 11.2.